The highest BCUT2D eigenvalue weighted by Crippen LogP contribution is 2.33. The maximum atomic E-state index is 12.6. The fourth-order valence-electron chi connectivity index (χ4n) is 2.53. The zero-order valence-electron chi connectivity index (χ0n) is 12.3. The molecule has 2 rings (SSSR count). The van der Waals surface area contributed by atoms with Crippen molar-refractivity contribution < 1.29 is 14.4 Å². The highest BCUT2D eigenvalue weighted by molar-refractivity contribution is 6.23. The van der Waals surface area contributed by atoms with E-state index in [1.54, 1.807) is 14.1 Å². The van der Waals surface area contributed by atoms with Crippen LogP contribution < -0.4 is 11.1 Å². The van der Waals surface area contributed by atoms with Gasteiger partial charge in [-0.2, -0.15) is 0 Å². The highest BCUT2D eigenvalue weighted by atomic mass is 16.2. The molecule has 1 aliphatic heterocycles. The molecule has 1 saturated carbocycles. The van der Waals surface area contributed by atoms with Gasteiger partial charge in [0.05, 0.1) is 11.3 Å². The van der Waals surface area contributed by atoms with E-state index in [1.807, 2.05) is 0 Å². The van der Waals surface area contributed by atoms with Crippen LogP contribution in [0.3, 0.4) is 0 Å². The number of imide groups is 1. The van der Waals surface area contributed by atoms with Crippen molar-refractivity contribution in [2.24, 2.45) is 16.6 Å². The van der Waals surface area contributed by atoms with Crippen LogP contribution in [-0.2, 0) is 14.4 Å². The van der Waals surface area contributed by atoms with Crippen molar-refractivity contribution in [3.63, 3.8) is 0 Å². The van der Waals surface area contributed by atoms with Gasteiger partial charge in [-0.15, -0.1) is 0 Å². The van der Waals surface area contributed by atoms with Gasteiger partial charge in [-0.3, -0.25) is 24.7 Å². The molecular formula is C14H20N4O3. The second-order valence-electron chi connectivity index (χ2n) is 5.35. The average molecular weight is 292 g/mol. The third kappa shape index (κ3) is 3.12. The van der Waals surface area contributed by atoms with E-state index in [1.165, 1.54) is 11.1 Å². The van der Waals surface area contributed by atoms with Crippen molar-refractivity contribution in [1.29, 1.82) is 0 Å². The molecule has 1 heterocycles. The largest absolute Gasteiger partial charge is 0.404 e. The van der Waals surface area contributed by atoms with Crippen LogP contribution in [0.2, 0.25) is 0 Å². The molecule has 7 heteroatoms. The van der Waals surface area contributed by atoms with Crippen molar-refractivity contribution in [2.45, 2.75) is 31.7 Å². The van der Waals surface area contributed by atoms with E-state index in [0.29, 0.717) is 17.7 Å². The Kier molecular flexibility index (Phi) is 4.40. The molecule has 2 fully saturated rings. The minimum atomic E-state index is -0.651. The lowest BCUT2D eigenvalue weighted by Gasteiger charge is -2.30. The molecule has 1 unspecified atom stereocenters. The van der Waals surface area contributed by atoms with Crippen LogP contribution in [0.5, 0.6) is 0 Å². The number of nitrogens with one attached hydrogen (secondary N) is 1. The lowest BCUT2D eigenvalue weighted by molar-refractivity contribution is -0.142. The molecule has 0 radical (unpaired) electrons. The molecular weight excluding hydrogens is 272 g/mol. The van der Waals surface area contributed by atoms with Crippen LogP contribution in [0.25, 0.3) is 0 Å². The minimum Gasteiger partial charge on any atom is -0.404 e. The summed E-state index contributed by atoms with van der Waals surface area (Å²) in [6.07, 6.45) is 3.81. The lowest BCUT2D eigenvalue weighted by atomic mass is 10.0. The van der Waals surface area contributed by atoms with E-state index >= 15 is 0 Å². The summed E-state index contributed by atoms with van der Waals surface area (Å²) in [5.74, 6) is -0.802. The van der Waals surface area contributed by atoms with E-state index in [-0.39, 0.29) is 24.2 Å². The number of nitrogens with zero attached hydrogens (tertiary/aromatic N) is 2. The summed E-state index contributed by atoms with van der Waals surface area (Å²) in [4.78, 5) is 41.1. The number of aliphatic imine (C=N–C) groups is 1. The number of carbonyl (C=O) groups is 3. The van der Waals surface area contributed by atoms with Crippen LogP contribution in [0.1, 0.15) is 25.7 Å². The molecule has 1 aliphatic carbocycles. The van der Waals surface area contributed by atoms with Gasteiger partial charge in [0.1, 0.15) is 6.04 Å². The van der Waals surface area contributed by atoms with E-state index < -0.39 is 11.9 Å². The summed E-state index contributed by atoms with van der Waals surface area (Å²) in [5.41, 5.74) is 6.63. The van der Waals surface area contributed by atoms with Crippen LogP contribution in [0.4, 0.5) is 0 Å². The molecule has 3 N–H and O–H groups in total. The van der Waals surface area contributed by atoms with Crippen molar-refractivity contribution in [3.8, 4) is 0 Å². The zero-order chi connectivity index (χ0) is 15.6. The number of carbonyl (C=O) groups excluding carboxylic acids is 3. The Morgan fingerprint density at radius 3 is 2.52 bits per heavy atom. The predicted molar refractivity (Wildman–Crippen MR) is 77.3 cm³/mol. The topological polar surface area (TPSA) is 105 Å². The Bertz CT molecular complexity index is 534. The fraction of sp³-hybridized carbons (Fsp3) is 0.571. The van der Waals surface area contributed by atoms with Crippen LogP contribution >= 0.6 is 0 Å². The van der Waals surface area contributed by atoms with E-state index in [2.05, 4.69) is 10.3 Å². The van der Waals surface area contributed by atoms with Gasteiger partial charge in [0.15, 0.2) is 0 Å². The van der Waals surface area contributed by atoms with Crippen molar-refractivity contribution in [2.75, 3.05) is 14.1 Å². The first-order chi connectivity index (χ1) is 9.99. The lowest BCUT2D eigenvalue weighted by Crippen LogP contribution is -2.53. The molecule has 114 valence electrons. The Labute approximate surface area is 123 Å². The SMILES string of the molecule is CN=C(/C(=C\N)C(=O)N(C)C1CCC(=O)NC1=O)C1CC1. The average Bonchev–Trinajstić information content (AvgIpc) is 3.27. The second kappa shape index (κ2) is 6.07. The molecule has 3 amide bonds. The summed E-state index contributed by atoms with van der Waals surface area (Å²) < 4.78 is 0. The summed E-state index contributed by atoms with van der Waals surface area (Å²) in [6, 6.07) is -0.651. The molecule has 0 spiro atoms. The monoisotopic (exact) mass is 292 g/mol. The number of nitrogens with two attached hydrogens (primary N) is 1. The number of piperidine rings is 1. The number of hydrogen-bond donors (Lipinski definition) is 2. The van der Waals surface area contributed by atoms with Crippen molar-refractivity contribution in [1.82, 2.24) is 10.2 Å². The molecule has 0 aromatic carbocycles. The quantitative estimate of drug-likeness (QED) is 0.417. The van der Waals surface area contributed by atoms with Gasteiger partial charge in [0, 0.05) is 32.6 Å². The van der Waals surface area contributed by atoms with Gasteiger partial charge < -0.3 is 10.6 Å². The van der Waals surface area contributed by atoms with E-state index in [4.69, 9.17) is 5.73 Å². The minimum absolute atomic E-state index is 0.229. The summed E-state index contributed by atoms with van der Waals surface area (Å²) in [5, 5.41) is 2.25. The standard InChI is InChI=1S/C14H20N4O3/c1-16-12(8-3-4-8)9(7-15)14(21)18(2)10-5-6-11(19)17-13(10)20/h7-8,10H,3-6,15H2,1-2H3,(H,17,19,20)/b9-7+,16-12?. The van der Waals surface area contributed by atoms with Gasteiger partial charge in [0.2, 0.25) is 11.8 Å². The summed E-state index contributed by atoms with van der Waals surface area (Å²) in [7, 11) is 3.18. The maximum Gasteiger partial charge on any atom is 0.257 e. The molecule has 2 aliphatic rings. The van der Waals surface area contributed by atoms with Gasteiger partial charge in [0.25, 0.3) is 5.91 Å². The Morgan fingerprint density at radius 2 is 2.05 bits per heavy atom. The summed E-state index contributed by atoms with van der Waals surface area (Å²) in [6.45, 7) is 0. The third-order valence-electron chi connectivity index (χ3n) is 3.88. The van der Waals surface area contributed by atoms with E-state index in [0.717, 1.165) is 12.8 Å². The van der Waals surface area contributed by atoms with Crippen LogP contribution in [-0.4, -0.2) is 48.5 Å². The van der Waals surface area contributed by atoms with Gasteiger partial charge in [-0.1, -0.05) is 0 Å². The normalized spacial score (nSPS) is 23.8. The molecule has 0 bridgehead atoms. The molecule has 1 atom stereocenters. The number of hydrogen-bond acceptors (Lipinski definition) is 5. The summed E-state index contributed by atoms with van der Waals surface area (Å²) >= 11 is 0. The van der Waals surface area contributed by atoms with Crippen LogP contribution in [0.15, 0.2) is 16.8 Å². The highest BCUT2D eigenvalue weighted by Gasteiger charge is 2.37. The first kappa shape index (κ1) is 15.2. The molecule has 0 aromatic rings. The molecule has 7 nitrogen and oxygen atoms in total. The third-order valence-corrected chi connectivity index (χ3v) is 3.88. The first-order valence-electron chi connectivity index (χ1n) is 6.99. The second-order valence-corrected chi connectivity index (χ2v) is 5.35. The number of amides is 3. The van der Waals surface area contributed by atoms with E-state index in [9.17, 15) is 14.4 Å². The molecule has 1 saturated heterocycles. The predicted octanol–water partition coefficient (Wildman–Crippen LogP) is -0.427. The number of rotatable bonds is 4. The Hall–Kier alpha value is -2.18. The number of likely N-dealkylation sites (N-methyl/N-ethyl adjacent to an activating group) is 1. The Morgan fingerprint density at radius 1 is 1.38 bits per heavy atom. The fourth-order valence-corrected chi connectivity index (χ4v) is 2.53. The van der Waals surface area contributed by atoms with Gasteiger partial charge in [-0.25, -0.2) is 0 Å². The van der Waals surface area contributed by atoms with Crippen molar-refractivity contribution in [3.05, 3.63) is 11.8 Å². The molecule has 21 heavy (non-hydrogen) atoms. The van der Waals surface area contributed by atoms with Gasteiger partial charge in [-0.05, 0) is 19.3 Å². The zero-order valence-corrected chi connectivity index (χ0v) is 12.3. The van der Waals surface area contributed by atoms with Crippen LogP contribution in [0, 0.1) is 5.92 Å². The van der Waals surface area contributed by atoms with Crippen molar-refractivity contribution >= 4 is 23.4 Å². The first-order valence-corrected chi connectivity index (χ1v) is 6.99. The smallest absolute Gasteiger partial charge is 0.257 e. The van der Waals surface area contributed by atoms with Gasteiger partial charge >= 0.3 is 0 Å². The Balaban J connectivity index is 2.14. The maximum absolute atomic E-state index is 12.6. The molecule has 0 aromatic heterocycles.